The summed E-state index contributed by atoms with van der Waals surface area (Å²) in [6.07, 6.45) is 1.81. The van der Waals surface area contributed by atoms with Crippen LogP contribution in [0.1, 0.15) is 18.9 Å². The van der Waals surface area contributed by atoms with Gasteiger partial charge in [-0.1, -0.05) is 41.4 Å². The molecule has 0 aliphatic carbocycles. The molecule has 1 aromatic carbocycles. The fourth-order valence-electron chi connectivity index (χ4n) is 1.28. The van der Waals surface area contributed by atoms with Crippen LogP contribution >= 0.6 is 15.9 Å². The van der Waals surface area contributed by atoms with Crippen molar-refractivity contribution < 1.29 is 9.84 Å². The Bertz CT molecular complexity index is 271. The molecule has 3 heteroatoms. The topological polar surface area (TPSA) is 29.5 Å². The van der Waals surface area contributed by atoms with Crippen LogP contribution in [0, 0.1) is 0 Å². The van der Waals surface area contributed by atoms with Gasteiger partial charge in [0.25, 0.3) is 0 Å². The summed E-state index contributed by atoms with van der Waals surface area (Å²) in [7, 11) is 0. The van der Waals surface area contributed by atoms with Gasteiger partial charge in [-0.3, -0.25) is 0 Å². The van der Waals surface area contributed by atoms with Crippen LogP contribution in [0.3, 0.4) is 0 Å². The van der Waals surface area contributed by atoms with Crippen LogP contribution in [0.2, 0.25) is 0 Å². The number of aliphatic hydroxyl groups is 1. The molecule has 1 aromatic rings. The predicted octanol–water partition coefficient (Wildman–Crippen LogP) is 2.77. The lowest BCUT2D eigenvalue weighted by Gasteiger charge is -2.09. The van der Waals surface area contributed by atoms with Crippen LogP contribution in [0.15, 0.2) is 24.3 Å². The molecule has 0 aliphatic heterocycles. The van der Waals surface area contributed by atoms with Crippen molar-refractivity contribution in [3.05, 3.63) is 29.8 Å². The molecule has 0 amide bonds. The Morgan fingerprint density at radius 3 is 2.53 bits per heavy atom. The first-order valence-corrected chi connectivity index (χ1v) is 6.34. The van der Waals surface area contributed by atoms with Gasteiger partial charge in [0.15, 0.2) is 0 Å². The van der Waals surface area contributed by atoms with Crippen LogP contribution in [-0.2, 0) is 6.42 Å². The summed E-state index contributed by atoms with van der Waals surface area (Å²) in [5.74, 6) is 0.815. The van der Waals surface area contributed by atoms with Gasteiger partial charge in [-0.2, -0.15) is 0 Å². The SMILES string of the molecule is CCCc1ccc(OCC(O)CBr)cc1. The number of ether oxygens (including phenoxy) is 1. The maximum atomic E-state index is 9.29. The number of aliphatic hydroxyl groups excluding tert-OH is 1. The van der Waals surface area contributed by atoms with E-state index in [4.69, 9.17) is 4.74 Å². The second kappa shape index (κ2) is 6.85. The van der Waals surface area contributed by atoms with Gasteiger partial charge < -0.3 is 9.84 Å². The van der Waals surface area contributed by atoms with E-state index < -0.39 is 6.10 Å². The molecule has 0 radical (unpaired) electrons. The quantitative estimate of drug-likeness (QED) is 0.807. The second-order valence-electron chi connectivity index (χ2n) is 3.51. The third-order valence-electron chi connectivity index (χ3n) is 2.08. The highest BCUT2D eigenvalue weighted by atomic mass is 79.9. The summed E-state index contributed by atoms with van der Waals surface area (Å²) < 4.78 is 5.41. The summed E-state index contributed by atoms with van der Waals surface area (Å²) in [4.78, 5) is 0. The molecule has 0 saturated heterocycles. The fraction of sp³-hybridized carbons (Fsp3) is 0.500. The number of rotatable bonds is 6. The number of aryl methyl sites for hydroxylation is 1. The van der Waals surface area contributed by atoms with E-state index in [2.05, 4.69) is 35.0 Å². The zero-order valence-electron chi connectivity index (χ0n) is 8.95. The van der Waals surface area contributed by atoms with Crippen LogP contribution in [0.4, 0.5) is 0 Å². The molecule has 0 heterocycles. The smallest absolute Gasteiger partial charge is 0.119 e. The van der Waals surface area contributed by atoms with Gasteiger partial charge in [0.1, 0.15) is 12.4 Å². The molecule has 0 aliphatic rings. The van der Waals surface area contributed by atoms with Crippen LogP contribution in [0.25, 0.3) is 0 Å². The molecule has 84 valence electrons. The molecule has 1 N–H and O–H groups in total. The first-order chi connectivity index (χ1) is 7.26. The highest BCUT2D eigenvalue weighted by molar-refractivity contribution is 9.09. The van der Waals surface area contributed by atoms with E-state index in [1.54, 1.807) is 0 Å². The summed E-state index contributed by atoms with van der Waals surface area (Å²) in [6.45, 7) is 2.50. The van der Waals surface area contributed by atoms with Crippen molar-refractivity contribution >= 4 is 15.9 Å². The first-order valence-electron chi connectivity index (χ1n) is 5.22. The Hall–Kier alpha value is -0.540. The minimum absolute atomic E-state index is 0.332. The van der Waals surface area contributed by atoms with E-state index in [9.17, 15) is 5.11 Å². The second-order valence-corrected chi connectivity index (χ2v) is 4.16. The number of hydrogen-bond donors (Lipinski definition) is 1. The molecule has 0 saturated carbocycles. The van der Waals surface area contributed by atoms with Gasteiger partial charge in [0.05, 0.1) is 6.10 Å². The summed E-state index contributed by atoms with van der Waals surface area (Å²) in [6, 6.07) is 8.04. The minimum atomic E-state index is -0.444. The van der Waals surface area contributed by atoms with Gasteiger partial charge in [-0.15, -0.1) is 0 Å². The number of benzene rings is 1. The molecule has 1 atom stereocenters. The van der Waals surface area contributed by atoms with E-state index in [1.807, 2.05) is 12.1 Å². The van der Waals surface area contributed by atoms with E-state index >= 15 is 0 Å². The van der Waals surface area contributed by atoms with E-state index in [-0.39, 0.29) is 0 Å². The van der Waals surface area contributed by atoms with Gasteiger partial charge in [-0.25, -0.2) is 0 Å². The average molecular weight is 273 g/mol. The van der Waals surface area contributed by atoms with E-state index in [0.29, 0.717) is 11.9 Å². The molecule has 0 bridgehead atoms. The maximum absolute atomic E-state index is 9.29. The largest absolute Gasteiger partial charge is 0.491 e. The van der Waals surface area contributed by atoms with Crippen LogP contribution < -0.4 is 4.74 Å². The Kier molecular flexibility index (Phi) is 5.73. The van der Waals surface area contributed by atoms with Crippen molar-refractivity contribution in [2.24, 2.45) is 0 Å². The lowest BCUT2D eigenvalue weighted by atomic mass is 10.1. The Balaban J connectivity index is 2.42. The lowest BCUT2D eigenvalue weighted by Crippen LogP contribution is -2.18. The molecular weight excluding hydrogens is 256 g/mol. The van der Waals surface area contributed by atoms with Crippen molar-refractivity contribution in [3.8, 4) is 5.75 Å². The molecule has 1 rings (SSSR count). The Morgan fingerprint density at radius 1 is 1.33 bits per heavy atom. The Morgan fingerprint density at radius 2 is 2.00 bits per heavy atom. The normalized spacial score (nSPS) is 12.5. The number of hydrogen-bond acceptors (Lipinski definition) is 2. The van der Waals surface area contributed by atoms with Crippen LogP contribution in [-0.4, -0.2) is 23.1 Å². The Labute approximate surface area is 99.4 Å². The van der Waals surface area contributed by atoms with Gasteiger partial charge in [-0.05, 0) is 24.1 Å². The third kappa shape index (κ3) is 4.67. The van der Waals surface area contributed by atoms with Crippen molar-refractivity contribution in [2.75, 3.05) is 11.9 Å². The molecular formula is C12H17BrO2. The zero-order valence-corrected chi connectivity index (χ0v) is 10.5. The maximum Gasteiger partial charge on any atom is 0.119 e. The molecule has 15 heavy (non-hydrogen) atoms. The zero-order chi connectivity index (χ0) is 11.1. The van der Waals surface area contributed by atoms with E-state index in [1.165, 1.54) is 5.56 Å². The standard InChI is InChI=1S/C12H17BrO2/c1-2-3-10-4-6-12(7-5-10)15-9-11(14)8-13/h4-7,11,14H,2-3,8-9H2,1H3. The summed E-state index contributed by atoms with van der Waals surface area (Å²) >= 11 is 3.19. The molecule has 0 spiro atoms. The fourth-order valence-corrected chi connectivity index (χ4v) is 1.46. The van der Waals surface area contributed by atoms with Crippen molar-refractivity contribution in [3.63, 3.8) is 0 Å². The summed E-state index contributed by atoms with van der Waals surface area (Å²) in [5.41, 5.74) is 1.32. The van der Waals surface area contributed by atoms with Crippen molar-refractivity contribution in [1.29, 1.82) is 0 Å². The predicted molar refractivity (Wildman–Crippen MR) is 65.7 cm³/mol. The first kappa shape index (κ1) is 12.5. The monoisotopic (exact) mass is 272 g/mol. The molecule has 2 nitrogen and oxygen atoms in total. The number of alkyl halides is 1. The minimum Gasteiger partial charge on any atom is -0.491 e. The number of halogens is 1. The molecule has 0 fully saturated rings. The van der Waals surface area contributed by atoms with Crippen molar-refractivity contribution in [2.45, 2.75) is 25.9 Å². The molecule has 0 aromatic heterocycles. The summed E-state index contributed by atoms with van der Waals surface area (Å²) in [5, 5.41) is 9.83. The lowest BCUT2D eigenvalue weighted by molar-refractivity contribution is 0.127. The molecule has 1 unspecified atom stereocenters. The van der Waals surface area contributed by atoms with Gasteiger partial charge in [0, 0.05) is 5.33 Å². The average Bonchev–Trinajstić information content (AvgIpc) is 2.28. The highest BCUT2D eigenvalue weighted by Crippen LogP contribution is 2.13. The van der Waals surface area contributed by atoms with Crippen LogP contribution in [0.5, 0.6) is 5.75 Å². The third-order valence-corrected chi connectivity index (χ3v) is 2.83. The van der Waals surface area contributed by atoms with Crippen molar-refractivity contribution in [1.82, 2.24) is 0 Å². The van der Waals surface area contributed by atoms with E-state index in [0.717, 1.165) is 18.6 Å². The van der Waals surface area contributed by atoms with Gasteiger partial charge in [0.2, 0.25) is 0 Å². The van der Waals surface area contributed by atoms with Gasteiger partial charge >= 0.3 is 0 Å². The highest BCUT2D eigenvalue weighted by Gasteiger charge is 2.02.